The number of nitrogens with one attached hydrogen (secondary N) is 1. The van der Waals surface area contributed by atoms with Crippen LogP contribution in [-0.4, -0.2) is 57.9 Å². The molecule has 4 N–H and O–H groups in total. The predicted octanol–water partition coefficient (Wildman–Crippen LogP) is 4.53. The number of rotatable bonds is 14. The van der Waals surface area contributed by atoms with Crippen molar-refractivity contribution in [3.63, 3.8) is 0 Å². The molecule has 2 atom stereocenters. The van der Waals surface area contributed by atoms with Gasteiger partial charge in [0.05, 0.1) is 6.61 Å². The van der Waals surface area contributed by atoms with E-state index in [-0.39, 0.29) is 53.6 Å². The minimum Gasteiger partial charge on any atom is -0.481 e. The maximum Gasteiger partial charge on any atom is 0.303 e. The summed E-state index contributed by atoms with van der Waals surface area (Å²) in [5.41, 5.74) is -1.02. The third-order valence-electron chi connectivity index (χ3n) is 10.1. The van der Waals surface area contributed by atoms with Gasteiger partial charge in [-0.3, -0.25) is 19.7 Å². The summed E-state index contributed by atoms with van der Waals surface area (Å²) in [5, 5.41) is 32.3. The van der Waals surface area contributed by atoms with Gasteiger partial charge >= 0.3 is 17.9 Å². The minimum absolute atomic E-state index is 0.0765. The number of hydrogen-bond donors (Lipinski definition) is 4. The average molecular weight is 522 g/mol. The first kappa shape index (κ1) is 26.9. The van der Waals surface area contributed by atoms with Crippen LogP contribution in [0.4, 0.5) is 0 Å². The third-order valence-corrected chi connectivity index (χ3v) is 10.1. The maximum absolute atomic E-state index is 11.6. The zero-order chi connectivity index (χ0) is 26.3. The molecule has 6 rings (SSSR count). The van der Waals surface area contributed by atoms with Crippen LogP contribution in [0.2, 0.25) is 0 Å². The lowest BCUT2D eigenvalue weighted by Gasteiger charge is -2.71. The molecule has 0 radical (unpaired) electrons. The molecular formula is C28H43NO8. The van der Waals surface area contributed by atoms with E-state index in [2.05, 4.69) is 5.32 Å². The molecule has 6 aliphatic rings. The van der Waals surface area contributed by atoms with E-state index < -0.39 is 17.9 Å². The van der Waals surface area contributed by atoms with Crippen LogP contribution in [0.25, 0.3) is 0 Å². The summed E-state index contributed by atoms with van der Waals surface area (Å²) < 4.78 is 12.0. The minimum atomic E-state index is -0.821. The summed E-state index contributed by atoms with van der Waals surface area (Å²) in [6.45, 7) is 0.712. The number of ether oxygens (including phenoxy) is 2. The van der Waals surface area contributed by atoms with Crippen LogP contribution in [0.15, 0.2) is 0 Å². The Balaban J connectivity index is 1.35. The zero-order valence-corrected chi connectivity index (χ0v) is 21.8. The number of carbonyl (C=O) groups is 3. The van der Waals surface area contributed by atoms with Crippen LogP contribution in [0, 0.1) is 22.2 Å². The molecule has 5 aliphatic carbocycles. The van der Waals surface area contributed by atoms with Gasteiger partial charge in [-0.15, -0.1) is 0 Å². The maximum atomic E-state index is 11.6. The first-order chi connectivity index (χ1) is 17.5. The Morgan fingerprint density at radius 3 is 1.62 bits per heavy atom. The Hall–Kier alpha value is -1.71. The van der Waals surface area contributed by atoms with Crippen LogP contribution >= 0.6 is 0 Å². The van der Waals surface area contributed by atoms with Gasteiger partial charge in [-0.25, -0.2) is 0 Å². The first-order valence-electron chi connectivity index (χ1n) is 14.2. The van der Waals surface area contributed by atoms with Crippen molar-refractivity contribution >= 4 is 17.9 Å². The molecule has 1 saturated heterocycles. The molecule has 0 aromatic heterocycles. The Morgan fingerprint density at radius 2 is 1.19 bits per heavy atom. The average Bonchev–Trinajstić information content (AvgIpc) is 3.56. The van der Waals surface area contributed by atoms with Crippen molar-refractivity contribution in [2.24, 2.45) is 22.2 Å². The second-order valence-electron chi connectivity index (χ2n) is 13.4. The van der Waals surface area contributed by atoms with E-state index in [0.29, 0.717) is 31.8 Å². The summed E-state index contributed by atoms with van der Waals surface area (Å²) in [4.78, 5) is 34.8. The van der Waals surface area contributed by atoms with Gasteiger partial charge in [0.2, 0.25) is 0 Å². The Morgan fingerprint density at radius 1 is 0.730 bits per heavy atom. The summed E-state index contributed by atoms with van der Waals surface area (Å²) in [7, 11) is 0. The van der Waals surface area contributed by atoms with Crippen molar-refractivity contribution in [1.82, 2.24) is 5.32 Å². The first-order valence-corrected chi connectivity index (χ1v) is 14.2. The molecule has 0 aromatic rings. The highest BCUT2D eigenvalue weighted by atomic mass is 16.8. The highest BCUT2D eigenvalue weighted by Gasteiger charge is 2.68. The molecule has 37 heavy (non-hydrogen) atoms. The topological polar surface area (TPSA) is 146 Å². The van der Waals surface area contributed by atoms with Crippen molar-refractivity contribution in [2.45, 2.75) is 127 Å². The van der Waals surface area contributed by atoms with E-state index in [0.717, 1.165) is 38.5 Å². The van der Waals surface area contributed by atoms with E-state index in [1.54, 1.807) is 0 Å². The predicted molar refractivity (Wildman–Crippen MR) is 133 cm³/mol. The molecule has 2 unspecified atom stereocenters. The molecular weight excluding hydrogens is 478 g/mol. The van der Waals surface area contributed by atoms with Gasteiger partial charge in [-0.05, 0) is 92.8 Å². The second kappa shape index (κ2) is 10.1. The molecule has 1 heterocycles. The fourth-order valence-corrected chi connectivity index (χ4v) is 9.57. The number of carboxylic acid groups (broad SMARTS) is 3. The normalized spacial score (nSPS) is 40.5. The highest BCUT2D eigenvalue weighted by molar-refractivity contribution is 5.67. The van der Waals surface area contributed by atoms with Crippen molar-refractivity contribution in [2.75, 3.05) is 6.61 Å². The van der Waals surface area contributed by atoms with Crippen LogP contribution < -0.4 is 5.32 Å². The zero-order valence-electron chi connectivity index (χ0n) is 21.8. The van der Waals surface area contributed by atoms with E-state index in [1.807, 2.05) is 0 Å². The molecule has 4 bridgehead atoms. The number of carboxylic acids is 3. The molecule has 5 saturated carbocycles. The van der Waals surface area contributed by atoms with E-state index in [9.17, 15) is 29.7 Å². The Labute approximate surface area is 218 Å². The molecule has 0 spiro atoms. The standard InChI is InChI=1S/C28H43NO8/c30-20(31)6-9-25-13-26(10-7-21(32)33)15-27(14-25,11-8-22(34)35)18-28(16-25,17-26)29-23-24(37-23)36-12-19-4-2-1-3-5-19/h19,23-24,29H,1-18H2,(H,30,31)(H,32,33)(H,34,35). The smallest absolute Gasteiger partial charge is 0.303 e. The lowest BCUT2D eigenvalue weighted by atomic mass is 9.35. The quantitative estimate of drug-likeness (QED) is 0.242. The van der Waals surface area contributed by atoms with Gasteiger partial charge in [-0.2, -0.15) is 0 Å². The Bertz CT molecular complexity index is 807. The SMILES string of the molecule is O=C(O)CCC12CC3(CCC(=O)O)CC(CCC(=O)O)(C1)CC(NC1OC1OCC1CCCCC1)(C2)C3. The lowest BCUT2D eigenvalue weighted by Crippen LogP contribution is -2.69. The van der Waals surface area contributed by atoms with E-state index in [1.165, 1.54) is 32.1 Å². The van der Waals surface area contributed by atoms with Crippen molar-refractivity contribution in [1.29, 1.82) is 0 Å². The monoisotopic (exact) mass is 521 g/mol. The fourth-order valence-electron chi connectivity index (χ4n) is 9.57. The van der Waals surface area contributed by atoms with Crippen LogP contribution in [0.5, 0.6) is 0 Å². The second-order valence-corrected chi connectivity index (χ2v) is 13.4. The van der Waals surface area contributed by atoms with E-state index in [4.69, 9.17) is 9.47 Å². The van der Waals surface area contributed by atoms with Crippen LogP contribution in [-0.2, 0) is 23.9 Å². The van der Waals surface area contributed by atoms with Crippen LogP contribution in [0.1, 0.15) is 109 Å². The molecule has 208 valence electrons. The molecule has 0 amide bonds. The molecule has 9 heteroatoms. The number of aliphatic carboxylic acids is 3. The fraction of sp³-hybridized carbons (Fsp3) is 0.893. The van der Waals surface area contributed by atoms with E-state index >= 15 is 0 Å². The van der Waals surface area contributed by atoms with Gasteiger partial charge in [0.25, 0.3) is 0 Å². The highest BCUT2D eigenvalue weighted by Crippen LogP contribution is 2.74. The molecule has 9 nitrogen and oxygen atoms in total. The number of hydrogen-bond acceptors (Lipinski definition) is 6. The van der Waals surface area contributed by atoms with Crippen molar-refractivity contribution < 1.29 is 39.2 Å². The summed E-state index contributed by atoms with van der Waals surface area (Å²) in [6.07, 6.45) is 12.6. The van der Waals surface area contributed by atoms with Crippen LogP contribution in [0.3, 0.4) is 0 Å². The van der Waals surface area contributed by atoms with Gasteiger partial charge in [0.1, 0.15) is 0 Å². The largest absolute Gasteiger partial charge is 0.481 e. The Kier molecular flexibility index (Phi) is 7.35. The lowest BCUT2D eigenvalue weighted by molar-refractivity contribution is -0.192. The van der Waals surface area contributed by atoms with Gasteiger partial charge in [0.15, 0.2) is 12.5 Å². The summed E-state index contributed by atoms with van der Waals surface area (Å²) in [5.74, 6) is -1.87. The molecule has 0 aromatic carbocycles. The third kappa shape index (κ3) is 6.14. The molecule has 6 fully saturated rings. The van der Waals surface area contributed by atoms with Crippen molar-refractivity contribution in [3.8, 4) is 0 Å². The summed E-state index contributed by atoms with van der Waals surface area (Å²) in [6, 6.07) is 0. The van der Waals surface area contributed by atoms with Crippen molar-refractivity contribution in [3.05, 3.63) is 0 Å². The van der Waals surface area contributed by atoms with Gasteiger partial charge in [-0.1, -0.05) is 19.3 Å². The van der Waals surface area contributed by atoms with Gasteiger partial charge < -0.3 is 24.8 Å². The summed E-state index contributed by atoms with van der Waals surface area (Å²) >= 11 is 0. The number of epoxide rings is 1. The molecule has 1 aliphatic heterocycles. The van der Waals surface area contributed by atoms with Gasteiger partial charge in [0, 0.05) is 24.8 Å².